The molecular weight excluding hydrogens is 447 g/mol. The summed E-state index contributed by atoms with van der Waals surface area (Å²) in [6, 6.07) is 14.2. The molecule has 6 nitrogen and oxygen atoms in total. The van der Waals surface area contributed by atoms with Crippen molar-refractivity contribution in [2.45, 2.75) is 24.0 Å². The number of nitrogens with two attached hydrogens (primary N) is 1. The Morgan fingerprint density at radius 3 is 2.69 bits per heavy atom. The first kappa shape index (κ1) is 22.0. The van der Waals surface area contributed by atoms with Crippen LogP contribution in [0.1, 0.15) is 17.7 Å². The molecule has 2 aromatic carbocycles. The SMILES string of the molecule is Cc1nc(NC(=O)CCc2c(-c3ccc(F)cc3)[nH]c3ccccc23)sc1SCC(N)=O. The second-order valence-corrected chi connectivity index (χ2v) is 9.47. The number of hydrogen-bond donors (Lipinski definition) is 3. The van der Waals surface area contributed by atoms with Crippen LogP contribution >= 0.6 is 23.1 Å². The maximum absolute atomic E-state index is 13.4. The number of primary amides is 1. The maximum atomic E-state index is 13.4. The number of nitrogens with zero attached hydrogens (tertiary/aromatic N) is 1. The van der Waals surface area contributed by atoms with E-state index in [1.807, 2.05) is 31.2 Å². The van der Waals surface area contributed by atoms with Gasteiger partial charge in [-0.05, 0) is 54.8 Å². The standard InChI is InChI=1S/C23H21FN4O2S2/c1-13-22(31-12-19(25)29)32-23(26-13)28-20(30)11-10-17-16-4-2-3-5-18(16)27-21(17)14-6-8-15(24)9-7-14/h2-9,27H,10-12H2,1H3,(H2,25,29)(H,26,28,30). The number of carbonyl (C=O) groups excluding carboxylic acids is 2. The molecule has 0 unspecified atom stereocenters. The Morgan fingerprint density at radius 1 is 1.19 bits per heavy atom. The summed E-state index contributed by atoms with van der Waals surface area (Å²) in [4.78, 5) is 31.4. The molecular formula is C23H21FN4O2S2. The molecule has 0 radical (unpaired) electrons. The number of amides is 2. The molecule has 0 bridgehead atoms. The number of benzene rings is 2. The van der Waals surface area contributed by atoms with Crippen LogP contribution in [-0.4, -0.2) is 27.5 Å². The molecule has 0 atom stereocenters. The molecule has 4 aromatic rings. The van der Waals surface area contributed by atoms with Crippen LogP contribution in [0.3, 0.4) is 0 Å². The molecule has 0 saturated carbocycles. The fourth-order valence-corrected chi connectivity index (χ4v) is 5.34. The first-order valence-electron chi connectivity index (χ1n) is 9.94. The van der Waals surface area contributed by atoms with E-state index >= 15 is 0 Å². The average Bonchev–Trinajstić information content (AvgIpc) is 3.31. The molecule has 4 rings (SSSR count). The lowest BCUT2D eigenvalue weighted by Crippen LogP contribution is -2.12. The molecule has 0 fully saturated rings. The molecule has 0 aliphatic carbocycles. The maximum Gasteiger partial charge on any atom is 0.227 e. The zero-order valence-electron chi connectivity index (χ0n) is 17.3. The number of fused-ring (bicyclic) bond motifs is 1. The third-order valence-electron chi connectivity index (χ3n) is 4.89. The zero-order valence-corrected chi connectivity index (χ0v) is 18.9. The lowest BCUT2D eigenvalue weighted by Gasteiger charge is -2.06. The molecule has 0 aliphatic heterocycles. The van der Waals surface area contributed by atoms with Gasteiger partial charge in [0, 0.05) is 23.0 Å². The Morgan fingerprint density at radius 2 is 1.94 bits per heavy atom. The van der Waals surface area contributed by atoms with Gasteiger partial charge in [-0.2, -0.15) is 0 Å². The molecule has 2 heterocycles. The van der Waals surface area contributed by atoms with Crippen LogP contribution < -0.4 is 11.1 Å². The van der Waals surface area contributed by atoms with Crippen molar-refractivity contribution in [1.82, 2.24) is 9.97 Å². The Bertz CT molecular complexity index is 1280. The molecule has 164 valence electrons. The van der Waals surface area contributed by atoms with Crippen molar-refractivity contribution in [2.24, 2.45) is 5.73 Å². The molecule has 0 spiro atoms. The summed E-state index contributed by atoms with van der Waals surface area (Å²) in [7, 11) is 0. The predicted octanol–water partition coefficient (Wildman–Crippen LogP) is 4.89. The van der Waals surface area contributed by atoms with Crippen molar-refractivity contribution >= 4 is 50.9 Å². The Labute approximate surface area is 192 Å². The third kappa shape index (κ3) is 5.00. The van der Waals surface area contributed by atoms with Gasteiger partial charge < -0.3 is 16.0 Å². The van der Waals surface area contributed by atoms with Crippen LogP contribution in [0.15, 0.2) is 52.7 Å². The summed E-state index contributed by atoms with van der Waals surface area (Å²) < 4.78 is 14.2. The van der Waals surface area contributed by atoms with E-state index in [9.17, 15) is 14.0 Å². The highest BCUT2D eigenvalue weighted by Gasteiger charge is 2.16. The number of halogens is 1. The number of aryl methyl sites for hydroxylation is 2. The van der Waals surface area contributed by atoms with E-state index in [4.69, 9.17) is 5.73 Å². The van der Waals surface area contributed by atoms with Gasteiger partial charge in [-0.1, -0.05) is 29.5 Å². The van der Waals surface area contributed by atoms with Crippen molar-refractivity contribution in [2.75, 3.05) is 11.1 Å². The van der Waals surface area contributed by atoms with Gasteiger partial charge in [0.15, 0.2) is 5.13 Å². The summed E-state index contributed by atoms with van der Waals surface area (Å²) >= 11 is 2.64. The molecule has 2 amide bonds. The van der Waals surface area contributed by atoms with E-state index in [-0.39, 0.29) is 23.9 Å². The lowest BCUT2D eigenvalue weighted by molar-refractivity contribution is -0.116. The highest BCUT2D eigenvalue weighted by atomic mass is 32.2. The number of nitrogens with one attached hydrogen (secondary N) is 2. The Balaban J connectivity index is 1.50. The lowest BCUT2D eigenvalue weighted by atomic mass is 10.0. The van der Waals surface area contributed by atoms with Gasteiger partial charge in [0.05, 0.1) is 15.7 Å². The van der Waals surface area contributed by atoms with Gasteiger partial charge in [0.2, 0.25) is 11.8 Å². The number of hydrogen-bond acceptors (Lipinski definition) is 5. The number of anilines is 1. The number of H-pyrrole nitrogens is 1. The molecule has 9 heteroatoms. The Hall–Kier alpha value is -3.17. The van der Waals surface area contributed by atoms with Crippen LogP contribution in [0.25, 0.3) is 22.2 Å². The minimum atomic E-state index is -0.399. The van der Waals surface area contributed by atoms with Crippen LogP contribution in [0, 0.1) is 12.7 Å². The first-order valence-corrected chi connectivity index (χ1v) is 11.7. The molecule has 0 aliphatic rings. The predicted molar refractivity (Wildman–Crippen MR) is 127 cm³/mol. The molecule has 0 saturated heterocycles. The number of thiazole rings is 1. The fraction of sp³-hybridized carbons (Fsp3) is 0.174. The second kappa shape index (κ2) is 9.54. The normalized spacial score (nSPS) is 11.1. The van der Waals surface area contributed by atoms with Crippen molar-refractivity contribution in [3.63, 3.8) is 0 Å². The van der Waals surface area contributed by atoms with Crippen LogP contribution in [0.2, 0.25) is 0 Å². The highest BCUT2D eigenvalue weighted by molar-refractivity contribution is 8.01. The fourth-order valence-electron chi connectivity index (χ4n) is 3.45. The van der Waals surface area contributed by atoms with E-state index < -0.39 is 5.91 Å². The molecule has 4 N–H and O–H groups in total. The van der Waals surface area contributed by atoms with E-state index in [1.54, 1.807) is 12.1 Å². The van der Waals surface area contributed by atoms with Gasteiger partial charge in [-0.25, -0.2) is 9.37 Å². The van der Waals surface area contributed by atoms with Crippen molar-refractivity contribution in [1.29, 1.82) is 0 Å². The van der Waals surface area contributed by atoms with Crippen LogP contribution in [0.5, 0.6) is 0 Å². The first-order chi connectivity index (χ1) is 15.4. The average molecular weight is 469 g/mol. The summed E-state index contributed by atoms with van der Waals surface area (Å²) in [6.45, 7) is 1.83. The summed E-state index contributed by atoms with van der Waals surface area (Å²) in [5, 5.41) is 4.38. The second-order valence-electron chi connectivity index (χ2n) is 7.23. The van der Waals surface area contributed by atoms with Crippen molar-refractivity contribution < 1.29 is 14.0 Å². The smallest absolute Gasteiger partial charge is 0.227 e. The largest absolute Gasteiger partial charge is 0.369 e. The van der Waals surface area contributed by atoms with E-state index in [2.05, 4.69) is 15.3 Å². The topological polar surface area (TPSA) is 101 Å². The van der Waals surface area contributed by atoms with E-state index in [0.29, 0.717) is 11.6 Å². The van der Waals surface area contributed by atoms with Crippen molar-refractivity contribution in [3.05, 3.63) is 65.6 Å². The number of carbonyl (C=O) groups is 2. The minimum absolute atomic E-state index is 0.152. The zero-order chi connectivity index (χ0) is 22.7. The van der Waals surface area contributed by atoms with E-state index in [0.717, 1.165) is 37.6 Å². The van der Waals surface area contributed by atoms with Gasteiger partial charge >= 0.3 is 0 Å². The van der Waals surface area contributed by atoms with E-state index in [1.165, 1.54) is 35.2 Å². The summed E-state index contributed by atoms with van der Waals surface area (Å²) in [5.41, 5.74) is 9.68. The molecule has 32 heavy (non-hydrogen) atoms. The van der Waals surface area contributed by atoms with Gasteiger partial charge in [-0.3, -0.25) is 9.59 Å². The highest BCUT2D eigenvalue weighted by Crippen LogP contribution is 2.33. The number of thioether (sulfide) groups is 1. The van der Waals surface area contributed by atoms with Crippen LogP contribution in [0.4, 0.5) is 9.52 Å². The number of rotatable bonds is 8. The van der Waals surface area contributed by atoms with Gasteiger partial charge in [0.25, 0.3) is 0 Å². The number of para-hydroxylation sites is 1. The van der Waals surface area contributed by atoms with Crippen molar-refractivity contribution in [3.8, 4) is 11.3 Å². The summed E-state index contributed by atoms with van der Waals surface area (Å²) in [6.07, 6.45) is 0.772. The number of aromatic nitrogens is 2. The summed E-state index contributed by atoms with van der Waals surface area (Å²) in [5.74, 6) is -0.675. The number of aromatic amines is 1. The monoisotopic (exact) mass is 468 g/mol. The minimum Gasteiger partial charge on any atom is -0.369 e. The van der Waals surface area contributed by atoms with Gasteiger partial charge in [-0.15, -0.1) is 11.8 Å². The van der Waals surface area contributed by atoms with Gasteiger partial charge in [0.1, 0.15) is 5.82 Å². The molecule has 2 aromatic heterocycles. The third-order valence-corrected chi connectivity index (χ3v) is 7.35. The van der Waals surface area contributed by atoms with Crippen LogP contribution in [-0.2, 0) is 16.0 Å². The quantitative estimate of drug-likeness (QED) is 0.321. The Kier molecular flexibility index (Phi) is 6.57.